The van der Waals surface area contributed by atoms with E-state index in [1.54, 1.807) is 0 Å². The van der Waals surface area contributed by atoms with Gasteiger partial charge >= 0.3 is 0 Å². The summed E-state index contributed by atoms with van der Waals surface area (Å²) >= 11 is 0. The second-order valence-corrected chi connectivity index (χ2v) is 3.08. The molecule has 64 valence electrons. The Morgan fingerprint density at radius 1 is 1.36 bits per heavy atom. The largest absolute Gasteiger partial charge is 0.371 e. The zero-order valence-electron chi connectivity index (χ0n) is 6.92. The number of likely N-dealkylation sites (tertiary alicyclic amines) is 1. The van der Waals surface area contributed by atoms with Crippen LogP contribution >= 0.6 is 0 Å². The van der Waals surface area contributed by atoms with E-state index < -0.39 is 6.23 Å². The van der Waals surface area contributed by atoms with Crippen LogP contribution in [-0.4, -0.2) is 35.1 Å². The van der Waals surface area contributed by atoms with E-state index in [9.17, 15) is 9.90 Å². The fourth-order valence-electron chi connectivity index (χ4n) is 1.42. The van der Waals surface area contributed by atoms with Crippen LogP contribution < -0.4 is 0 Å². The normalized spacial score (nSPS) is 23.1. The highest BCUT2D eigenvalue weighted by Gasteiger charge is 2.20. The lowest BCUT2D eigenvalue weighted by molar-refractivity contribution is -0.135. The fraction of sp³-hybridized carbons (Fsp3) is 0.875. The average molecular weight is 157 g/mol. The lowest BCUT2D eigenvalue weighted by Crippen LogP contribution is -2.43. The van der Waals surface area contributed by atoms with E-state index in [0.717, 1.165) is 25.9 Å². The first kappa shape index (κ1) is 8.68. The molecule has 0 saturated carbocycles. The van der Waals surface area contributed by atoms with Crippen LogP contribution in [0, 0.1) is 0 Å². The van der Waals surface area contributed by atoms with Gasteiger partial charge in [-0.1, -0.05) is 6.42 Å². The Morgan fingerprint density at radius 2 is 1.91 bits per heavy atom. The zero-order chi connectivity index (χ0) is 8.27. The summed E-state index contributed by atoms with van der Waals surface area (Å²) in [5.74, 6) is -0.146. The highest BCUT2D eigenvalue weighted by Crippen LogP contribution is 2.10. The summed E-state index contributed by atoms with van der Waals surface area (Å²) in [5.41, 5.74) is 0. The summed E-state index contributed by atoms with van der Waals surface area (Å²) in [4.78, 5) is 12.6. The number of aliphatic hydroxyl groups is 1. The maximum Gasteiger partial charge on any atom is 0.173 e. The molecule has 3 nitrogen and oxygen atoms in total. The number of carbonyl (C=O) groups is 1. The van der Waals surface area contributed by atoms with Gasteiger partial charge in [0.15, 0.2) is 12.0 Å². The number of hydrogen-bond acceptors (Lipinski definition) is 3. The first-order valence-electron chi connectivity index (χ1n) is 4.14. The molecule has 0 bridgehead atoms. The van der Waals surface area contributed by atoms with E-state index in [2.05, 4.69) is 0 Å². The van der Waals surface area contributed by atoms with Crippen LogP contribution in [-0.2, 0) is 4.79 Å². The van der Waals surface area contributed by atoms with Crippen molar-refractivity contribution in [1.29, 1.82) is 0 Å². The molecule has 1 unspecified atom stereocenters. The molecule has 3 heteroatoms. The van der Waals surface area contributed by atoms with Crippen LogP contribution in [0.4, 0.5) is 0 Å². The molecule has 0 radical (unpaired) electrons. The summed E-state index contributed by atoms with van der Waals surface area (Å²) in [6, 6.07) is 0. The van der Waals surface area contributed by atoms with E-state index >= 15 is 0 Å². The molecule has 1 atom stereocenters. The van der Waals surface area contributed by atoms with Crippen LogP contribution in [0.1, 0.15) is 26.2 Å². The van der Waals surface area contributed by atoms with E-state index in [4.69, 9.17) is 0 Å². The molecule has 0 spiro atoms. The van der Waals surface area contributed by atoms with Gasteiger partial charge in [-0.25, -0.2) is 0 Å². The molecule has 1 N–H and O–H groups in total. The maximum absolute atomic E-state index is 10.8. The molecule has 1 fully saturated rings. The summed E-state index contributed by atoms with van der Waals surface area (Å²) in [5, 5.41) is 9.33. The Morgan fingerprint density at radius 3 is 2.36 bits per heavy atom. The molecule has 11 heavy (non-hydrogen) atoms. The highest BCUT2D eigenvalue weighted by molar-refractivity contribution is 5.79. The molecule has 1 aliphatic heterocycles. The molecule has 0 aromatic heterocycles. The Bertz CT molecular complexity index is 141. The average Bonchev–Trinajstić information content (AvgIpc) is 2.05. The summed E-state index contributed by atoms with van der Waals surface area (Å²) in [6.45, 7) is 3.15. The first-order chi connectivity index (χ1) is 5.22. The van der Waals surface area contributed by atoms with Gasteiger partial charge in [-0.3, -0.25) is 9.69 Å². The Hall–Kier alpha value is -0.410. The minimum atomic E-state index is -0.852. The van der Waals surface area contributed by atoms with E-state index in [0.29, 0.717) is 0 Å². The molecular formula is C8H15NO2. The SMILES string of the molecule is CC(=O)C(O)N1CCCCC1. The van der Waals surface area contributed by atoms with Crippen LogP contribution in [0.2, 0.25) is 0 Å². The number of hydrogen-bond donors (Lipinski definition) is 1. The van der Waals surface area contributed by atoms with Gasteiger partial charge in [-0.15, -0.1) is 0 Å². The van der Waals surface area contributed by atoms with Crippen molar-refractivity contribution in [2.24, 2.45) is 0 Å². The Balaban J connectivity index is 2.38. The monoisotopic (exact) mass is 157 g/mol. The number of Topliss-reactive ketones (excluding diaryl/α,β-unsaturated/α-hetero) is 1. The third kappa shape index (κ3) is 2.27. The molecule has 0 aromatic rings. The van der Waals surface area contributed by atoms with Crippen molar-refractivity contribution in [2.75, 3.05) is 13.1 Å². The summed E-state index contributed by atoms with van der Waals surface area (Å²) in [6.07, 6.45) is 2.57. The Labute approximate surface area is 67.0 Å². The van der Waals surface area contributed by atoms with Crippen LogP contribution in [0.15, 0.2) is 0 Å². The molecule has 1 saturated heterocycles. The second-order valence-electron chi connectivity index (χ2n) is 3.08. The van der Waals surface area contributed by atoms with Crippen LogP contribution in [0.3, 0.4) is 0 Å². The number of carbonyl (C=O) groups excluding carboxylic acids is 1. The van der Waals surface area contributed by atoms with E-state index in [1.807, 2.05) is 4.90 Å². The highest BCUT2D eigenvalue weighted by atomic mass is 16.3. The molecule has 1 aliphatic rings. The van der Waals surface area contributed by atoms with Gasteiger partial charge in [0, 0.05) is 13.1 Å². The van der Waals surface area contributed by atoms with Gasteiger partial charge < -0.3 is 5.11 Å². The standard InChI is InChI=1S/C8H15NO2/c1-7(10)8(11)9-5-3-2-4-6-9/h8,11H,2-6H2,1H3. The van der Waals surface area contributed by atoms with Crippen molar-refractivity contribution in [1.82, 2.24) is 4.90 Å². The van der Waals surface area contributed by atoms with Gasteiger partial charge in [0.2, 0.25) is 0 Å². The predicted octanol–water partition coefficient (Wildman–Crippen LogP) is 0.380. The van der Waals surface area contributed by atoms with Crippen molar-refractivity contribution in [3.8, 4) is 0 Å². The summed E-state index contributed by atoms with van der Waals surface area (Å²) in [7, 11) is 0. The third-order valence-corrected chi connectivity index (χ3v) is 2.10. The lowest BCUT2D eigenvalue weighted by atomic mass is 10.1. The van der Waals surface area contributed by atoms with Gasteiger partial charge in [0.1, 0.15) is 0 Å². The van der Waals surface area contributed by atoms with Crippen molar-refractivity contribution in [3.05, 3.63) is 0 Å². The first-order valence-corrected chi connectivity index (χ1v) is 4.14. The quantitative estimate of drug-likeness (QED) is 0.630. The topological polar surface area (TPSA) is 40.5 Å². The number of aliphatic hydroxyl groups excluding tert-OH is 1. The minimum Gasteiger partial charge on any atom is -0.371 e. The molecule has 1 rings (SSSR count). The second kappa shape index (κ2) is 3.83. The third-order valence-electron chi connectivity index (χ3n) is 2.10. The van der Waals surface area contributed by atoms with Crippen molar-refractivity contribution in [2.45, 2.75) is 32.4 Å². The van der Waals surface area contributed by atoms with Crippen molar-refractivity contribution < 1.29 is 9.90 Å². The number of ketones is 1. The number of piperidine rings is 1. The molecule has 0 amide bonds. The van der Waals surface area contributed by atoms with Crippen molar-refractivity contribution in [3.63, 3.8) is 0 Å². The smallest absolute Gasteiger partial charge is 0.173 e. The molecule has 0 aliphatic carbocycles. The van der Waals surface area contributed by atoms with Crippen molar-refractivity contribution >= 4 is 5.78 Å². The lowest BCUT2D eigenvalue weighted by Gasteiger charge is -2.29. The van der Waals surface area contributed by atoms with Crippen LogP contribution in [0.5, 0.6) is 0 Å². The minimum absolute atomic E-state index is 0.146. The van der Waals surface area contributed by atoms with Gasteiger partial charge in [-0.05, 0) is 19.8 Å². The van der Waals surface area contributed by atoms with Gasteiger partial charge in [0.05, 0.1) is 0 Å². The zero-order valence-corrected chi connectivity index (χ0v) is 6.92. The fourth-order valence-corrected chi connectivity index (χ4v) is 1.42. The molecule has 0 aromatic carbocycles. The number of rotatable bonds is 2. The van der Waals surface area contributed by atoms with E-state index in [1.165, 1.54) is 13.3 Å². The van der Waals surface area contributed by atoms with Gasteiger partial charge in [0.25, 0.3) is 0 Å². The predicted molar refractivity (Wildman–Crippen MR) is 42.1 cm³/mol. The number of nitrogens with zero attached hydrogens (tertiary/aromatic N) is 1. The Kier molecular flexibility index (Phi) is 3.02. The van der Waals surface area contributed by atoms with E-state index in [-0.39, 0.29) is 5.78 Å². The maximum atomic E-state index is 10.8. The van der Waals surface area contributed by atoms with Crippen LogP contribution in [0.25, 0.3) is 0 Å². The molecule has 1 heterocycles. The molecular weight excluding hydrogens is 142 g/mol. The summed E-state index contributed by atoms with van der Waals surface area (Å²) < 4.78 is 0. The van der Waals surface area contributed by atoms with Gasteiger partial charge in [-0.2, -0.15) is 0 Å².